The highest BCUT2D eigenvalue weighted by atomic mass is 19.2. The minimum Gasteiger partial charge on any atom is -0.618 e. The molecule has 1 aliphatic rings. The minimum atomic E-state index is -1.09. The first kappa shape index (κ1) is 15.3. The van der Waals surface area contributed by atoms with Gasteiger partial charge in [-0.05, 0) is 35.2 Å². The van der Waals surface area contributed by atoms with E-state index in [0.29, 0.717) is 4.74 Å². The van der Waals surface area contributed by atoms with Crippen molar-refractivity contribution in [1.82, 2.24) is 0 Å². The van der Waals surface area contributed by atoms with Crippen molar-refractivity contribution < 1.29 is 18.3 Å². The smallest absolute Gasteiger partial charge is 0.273 e. The van der Waals surface area contributed by atoms with Gasteiger partial charge in [0.25, 0.3) is 11.5 Å². The topological polar surface area (TPSA) is 43.1 Å². The fourth-order valence-corrected chi connectivity index (χ4v) is 2.59. The summed E-state index contributed by atoms with van der Waals surface area (Å²) >= 11 is 0. The van der Waals surface area contributed by atoms with Gasteiger partial charge in [-0.3, -0.25) is 4.79 Å². The number of ketones is 1. The van der Waals surface area contributed by atoms with E-state index in [1.807, 2.05) is 20.8 Å². The highest BCUT2D eigenvalue weighted by molar-refractivity contribution is 6.52. The Hall–Kier alpha value is -2.56. The van der Waals surface area contributed by atoms with Crippen LogP contribution >= 0.6 is 0 Å². The largest absolute Gasteiger partial charge is 0.618 e. The monoisotopic (exact) mass is 315 g/mol. The molecule has 0 aliphatic carbocycles. The molecule has 0 saturated heterocycles. The number of hydrogen-bond donors (Lipinski definition) is 0. The molecule has 2 aromatic rings. The van der Waals surface area contributed by atoms with Crippen molar-refractivity contribution in [2.75, 3.05) is 0 Å². The summed E-state index contributed by atoms with van der Waals surface area (Å²) in [5.41, 5.74) is 1.13. The maximum Gasteiger partial charge on any atom is 0.273 e. The Kier molecular flexibility index (Phi) is 3.32. The lowest BCUT2D eigenvalue weighted by Crippen LogP contribution is -2.17. The summed E-state index contributed by atoms with van der Waals surface area (Å²) in [6.07, 6.45) is 0. The van der Waals surface area contributed by atoms with Crippen LogP contribution in [-0.4, -0.2) is 16.2 Å². The van der Waals surface area contributed by atoms with E-state index in [1.54, 1.807) is 18.2 Å². The molecule has 0 unspecified atom stereocenters. The van der Waals surface area contributed by atoms with Gasteiger partial charge in [0.15, 0.2) is 11.6 Å². The molecular weight excluding hydrogens is 300 g/mol. The lowest BCUT2D eigenvalue weighted by Gasteiger charge is -2.19. The third-order valence-corrected chi connectivity index (χ3v) is 3.94. The Morgan fingerprint density at radius 2 is 1.70 bits per heavy atom. The van der Waals surface area contributed by atoms with Crippen molar-refractivity contribution in [2.45, 2.75) is 26.2 Å². The van der Waals surface area contributed by atoms with Crippen LogP contribution in [-0.2, 0) is 5.41 Å². The summed E-state index contributed by atoms with van der Waals surface area (Å²) in [4.78, 5) is 12.6. The van der Waals surface area contributed by atoms with E-state index in [9.17, 15) is 18.8 Å². The summed E-state index contributed by atoms with van der Waals surface area (Å²) in [5.74, 6) is -2.60. The first-order valence-corrected chi connectivity index (χ1v) is 7.19. The van der Waals surface area contributed by atoms with Crippen LogP contribution in [0.15, 0.2) is 36.4 Å². The zero-order chi connectivity index (χ0) is 16.9. The molecule has 3 nitrogen and oxygen atoms in total. The van der Waals surface area contributed by atoms with Crippen LogP contribution < -0.4 is 0 Å². The standard InChI is InChI=1S/C18H15F2NO2/c1-18(2,3)11-5-7-15-12(9-11)17(22)16(21(15)23)10-4-6-13(19)14(20)8-10/h4-9H,1-3H3. The second kappa shape index (κ2) is 4.98. The van der Waals surface area contributed by atoms with Gasteiger partial charge in [-0.1, -0.05) is 26.8 Å². The lowest BCUT2D eigenvalue weighted by atomic mass is 9.85. The van der Waals surface area contributed by atoms with Crippen LogP contribution in [0.3, 0.4) is 0 Å². The Morgan fingerprint density at radius 3 is 2.30 bits per heavy atom. The summed E-state index contributed by atoms with van der Waals surface area (Å²) in [5, 5.41) is 12.4. The van der Waals surface area contributed by atoms with Gasteiger partial charge in [-0.2, -0.15) is 4.74 Å². The molecule has 1 aliphatic heterocycles. The number of nitrogens with zero attached hydrogens (tertiary/aromatic N) is 1. The number of fused-ring (bicyclic) bond motifs is 1. The highest BCUT2D eigenvalue weighted by Crippen LogP contribution is 2.33. The number of benzene rings is 2. The first-order chi connectivity index (χ1) is 10.7. The van der Waals surface area contributed by atoms with Crippen LogP contribution in [0.25, 0.3) is 0 Å². The van der Waals surface area contributed by atoms with Crippen LogP contribution in [0.4, 0.5) is 14.5 Å². The molecule has 2 aromatic carbocycles. The van der Waals surface area contributed by atoms with Gasteiger partial charge < -0.3 is 5.21 Å². The van der Waals surface area contributed by atoms with Gasteiger partial charge in [0.1, 0.15) is 5.56 Å². The molecule has 0 fully saturated rings. The van der Waals surface area contributed by atoms with Crippen molar-refractivity contribution in [3.63, 3.8) is 0 Å². The third kappa shape index (κ3) is 2.42. The van der Waals surface area contributed by atoms with Gasteiger partial charge >= 0.3 is 0 Å². The van der Waals surface area contributed by atoms with Crippen LogP contribution in [0, 0.1) is 16.8 Å². The third-order valence-electron chi connectivity index (χ3n) is 3.94. The van der Waals surface area contributed by atoms with Gasteiger partial charge in [0.05, 0.1) is 5.56 Å². The van der Waals surface area contributed by atoms with Crippen LogP contribution in [0.2, 0.25) is 0 Å². The number of rotatable bonds is 1. The van der Waals surface area contributed by atoms with Gasteiger partial charge in [-0.15, -0.1) is 0 Å². The SMILES string of the molecule is CC(C)(C)c1ccc2c(c1)C(=O)C(c1ccc(F)c(F)c1)=[N+]2[O-]. The van der Waals surface area contributed by atoms with E-state index < -0.39 is 17.4 Å². The summed E-state index contributed by atoms with van der Waals surface area (Å²) in [7, 11) is 0. The molecule has 0 bridgehead atoms. The number of carbonyl (C=O) groups is 1. The van der Waals surface area contributed by atoms with Gasteiger partial charge in [-0.25, -0.2) is 8.78 Å². The predicted octanol–water partition coefficient (Wildman–Crippen LogP) is 4.09. The summed E-state index contributed by atoms with van der Waals surface area (Å²) in [6, 6.07) is 8.08. The molecule has 23 heavy (non-hydrogen) atoms. The van der Waals surface area contributed by atoms with Crippen molar-refractivity contribution in [3.8, 4) is 0 Å². The van der Waals surface area contributed by atoms with E-state index >= 15 is 0 Å². The normalized spacial score (nSPS) is 14.4. The number of hydrogen-bond acceptors (Lipinski definition) is 2. The summed E-state index contributed by atoms with van der Waals surface area (Å²) in [6.45, 7) is 6.01. The second-order valence-electron chi connectivity index (χ2n) is 6.58. The maximum absolute atomic E-state index is 13.4. The zero-order valence-electron chi connectivity index (χ0n) is 13.0. The minimum absolute atomic E-state index is 0.0670. The van der Waals surface area contributed by atoms with Crippen molar-refractivity contribution >= 4 is 17.2 Å². The van der Waals surface area contributed by atoms with Gasteiger partial charge in [0, 0.05) is 6.07 Å². The molecule has 0 saturated carbocycles. The molecule has 0 amide bonds. The first-order valence-electron chi connectivity index (χ1n) is 7.19. The quantitative estimate of drug-likeness (QED) is 0.587. The molecule has 5 heteroatoms. The molecular formula is C18H15F2NO2. The Bertz CT molecular complexity index is 864. The van der Waals surface area contributed by atoms with E-state index in [2.05, 4.69) is 0 Å². The van der Waals surface area contributed by atoms with Crippen molar-refractivity contribution in [1.29, 1.82) is 0 Å². The number of carbonyl (C=O) groups excluding carboxylic acids is 1. The van der Waals surface area contributed by atoms with E-state index in [-0.39, 0.29) is 27.9 Å². The molecule has 0 radical (unpaired) electrons. The fraction of sp³-hybridized carbons (Fsp3) is 0.222. The Morgan fingerprint density at radius 1 is 1.00 bits per heavy atom. The average molecular weight is 315 g/mol. The Labute approximate surface area is 132 Å². The Balaban J connectivity index is 2.13. The van der Waals surface area contributed by atoms with E-state index in [4.69, 9.17) is 0 Å². The molecule has 3 rings (SSSR count). The van der Waals surface area contributed by atoms with Crippen molar-refractivity contribution in [3.05, 3.63) is 69.9 Å². The zero-order valence-corrected chi connectivity index (χ0v) is 13.0. The molecule has 0 N–H and O–H groups in total. The van der Waals surface area contributed by atoms with Gasteiger partial charge in [0.2, 0.25) is 5.69 Å². The lowest BCUT2D eigenvalue weighted by molar-refractivity contribution is -0.355. The van der Waals surface area contributed by atoms with Crippen molar-refractivity contribution in [2.24, 2.45) is 0 Å². The van der Waals surface area contributed by atoms with E-state index in [0.717, 1.165) is 17.7 Å². The van der Waals surface area contributed by atoms with E-state index in [1.165, 1.54) is 6.07 Å². The maximum atomic E-state index is 13.4. The predicted molar refractivity (Wildman–Crippen MR) is 83.2 cm³/mol. The number of halogens is 2. The molecule has 0 aromatic heterocycles. The second-order valence-corrected chi connectivity index (χ2v) is 6.58. The fourth-order valence-electron chi connectivity index (χ4n) is 2.59. The van der Waals surface area contributed by atoms with Crippen LogP contribution in [0.1, 0.15) is 42.3 Å². The highest BCUT2D eigenvalue weighted by Gasteiger charge is 2.37. The molecule has 0 spiro atoms. The van der Waals surface area contributed by atoms with Crippen LogP contribution in [0.5, 0.6) is 0 Å². The molecule has 118 valence electrons. The molecule has 1 heterocycles. The number of Topliss-reactive ketones (excluding diaryl/α,β-unsaturated/α-hetero) is 1. The summed E-state index contributed by atoms with van der Waals surface area (Å²) < 4.78 is 27.0. The molecule has 0 atom stereocenters. The average Bonchev–Trinajstić information content (AvgIpc) is 2.73.